The van der Waals surface area contributed by atoms with Gasteiger partial charge in [0.25, 0.3) is 0 Å². The summed E-state index contributed by atoms with van der Waals surface area (Å²) in [5.41, 5.74) is 9.02. The van der Waals surface area contributed by atoms with Crippen LogP contribution in [-0.2, 0) is 12.8 Å². The first-order valence-corrected chi connectivity index (χ1v) is 7.47. The summed E-state index contributed by atoms with van der Waals surface area (Å²) in [7, 11) is 0. The predicted molar refractivity (Wildman–Crippen MR) is 85.4 cm³/mol. The molecule has 2 aromatic rings. The van der Waals surface area contributed by atoms with Crippen LogP contribution in [0.2, 0.25) is 0 Å². The molecule has 0 fully saturated rings. The number of aromatic nitrogens is 2. The molecule has 1 aliphatic rings. The van der Waals surface area contributed by atoms with Crippen molar-refractivity contribution >= 4 is 23.0 Å². The Labute approximate surface area is 129 Å². The van der Waals surface area contributed by atoms with Gasteiger partial charge in [-0.1, -0.05) is 12.2 Å². The van der Waals surface area contributed by atoms with E-state index >= 15 is 0 Å². The van der Waals surface area contributed by atoms with Crippen LogP contribution in [0.1, 0.15) is 47.9 Å². The highest BCUT2D eigenvalue weighted by molar-refractivity contribution is 7.80. The van der Waals surface area contributed by atoms with E-state index in [0.29, 0.717) is 16.7 Å². The molecule has 0 aliphatic heterocycles. The Bertz CT molecular complexity index is 695. The SMILES string of the molecule is Cc1cnc(C(C)Nc2nc3c(cc2C(N)=S)CCC3)o1. The predicted octanol–water partition coefficient (Wildman–Crippen LogP) is 2.67. The van der Waals surface area contributed by atoms with Crippen LogP contribution in [0.25, 0.3) is 0 Å². The molecular weight excluding hydrogens is 284 g/mol. The number of pyridine rings is 1. The molecule has 0 saturated heterocycles. The Morgan fingerprint density at radius 3 is 2.95 bits per heavy atom. The van der Waals surface area contributed by atoms with Crippen molar-refractivity contribution in [3.05, 3.63) is 40.7 Å². The van der Waals surface area contributed by atoms with Crippen LogP contribution in [0.3, 0.4) is 0 Å². The lowest BCUT2D eigenvalue weighted by atomic mass is 10.1. The molecule has 0 bridgehead atoms. The molecule has 1 aliphatic carbocycles. The van der Waals surface area contributed by atoms with Crippen molar-refractivity contribution in [2.45, 2.75) is 39.2 Å². The van der Waals surface area contributed by atoms with E-state index in [4.69, 9.17) is 27.4 Å². The number of nitrogens with two attached hydrogens (primary N) is 1. The van der Waals surface area contributed by atoms with Gasteiger partial charge < -0.3 is 15.5 Å². The van der Waals surface area contributed by atoms with Gasteiger partial charge >= 0.3 is 0 Å². The minimum absolute atomic E-state index is 0.0984. The van der Waals surface area contributed by atoms with Gasteiger partial charge in [-0.2, -0.15) is 0 Å². The van der Waals surface area contributed by atoms with Crippen molar-refractivity contribution in [2.75, 3.05) is 5.32 Å². The van der Waals surface area contributed by atoms with E-state index in [1.165, 1.54) is 5.56 Å². The molecule has 6 heteroatoms. The molecule has 110 valence electrons. The zero-order valence-electron chi connectivity index (χ0n) is 12.1. The summed E-state index contributed by atoms with van der Waals surface area (Å²) in [6.07, 6.45) is 4.90. The summed E-state index contributed by atoms with van der Waals surface area (Å²) >= 11 is 5.15. The maximum absolute atomic E-state index is 5.84. The number of hydrogen-bond donors (Lipinski definition) is 2. The van der Waals surface area contributed by atoms with E-state index in [9.17, 15) is 0 Å². The van der Waals surface area contributed by atoms with Crippen LogP contribution < -0.4 is 11.1 Å². The molecule has 5 nitrogen and oxygen atoms in total. The molecule has 0 radical (unpaired) electrons. The second-order valence-corrected chi connectivity index (χ2v) is 5.82. The molecule has 3 N–H and O–H groups in total. The van der Waals surface area contributed by atoms with Crippen molar-refractivity contribution in [2.24, 2.45) is 5.73 Å². The van der Waals surface area contributed by atoms with Crippen molar-refractivity contribution in [3.8, 4) is 0 Å². The molecule has 1 atom stereocenters. The number of aryl methyl sites for hydroxylation is 3. The van der Waals surface area contributed by atoms with Crippen molar-refractivity contribution in [1.82, 2.24) is 9.97 Å². The molecule has 1 unspecified atom stereocenters. The Morgan fingerprint density at radius 2 is 2.29 bits per heavy atom. The zero-order chi connectivity index (χ0) is 15.0. The Morgan fingerprint density at radius 1 is 1.48 bits per heavy atom. The summed E-state index contributed by atoms with van der Waals surface area (Å²) in [4.78, 5) is 9.29. The number of nitrogens with one attached hydrogen (secondary N) is 1. The molecule has 0 aromatic carbocycles. The number of oxazole rings is 1. The number of thiocarbonyl (C=S) groups is 1. The van der Waals surface area contributed by atoms with E-state index in [1.807, 2.05) is 13.8 Å². The van der Waals surface area contributed by atoms with Crippen LogP contribution in [-0.4, -0.2) is 15.0 Å². The summed E-state index contributed by atoms with van der Waals surface area (Å²) in [5, 5.41) is 3.32. The first kappa shape index (κ1) is 14.0. The lowest BCUT2D eigenvalue weighted by Crippen LogP contribution is -2.17. The third-order valence-corrected chi connectivity index (χ3v) is 3.90. The van der Waals surface area contributed by atoms with Gasteiger partial charge in [0.15, 0.2) is 0 Å². The van der Waals surface area contributed by atoms with Crippen molar-refractivity contribution in [1.29, 1.82) is 0 Å². The quantitative estimate of drug-likeness (QED) is 0.846. The van der Waals surface area contributed by atoms with E-state index in [1.54, 1.807) is 6.20 Å². The van der Waals surface area contributed by atoms with Gasteiger partial charge in [0, 0.05) is 5.69 Å². The summed E-state index contributed by atoms with van der Waals surface area (Å²) < 4.78 is 5.54. The van der Waals surface area contributed by atoms with Crippen LogP contribution in [0.5, 0.6) is 0 Å². The second kappa shape index (κ2) is 5.44. The molecule has 0 amide bonds. The van der Waals surface area contributed by atoms with Crippen LogP contribution >= 0.6 is 12.2 Å². The van der Waals surface area contributed by atoms with Gasteiger partial charge in [-0.3, -0.25) is 0 Å². The Hall–Kier alpha value is -1.95. The number of fused-ring (bicyclic) bond motifs is 1. The molecular formula is C15H18N4OS. The van der Waals surface area contributed by atoms with Crippen molar-refractivity contribution in [3.63, 3.8) is 0 Å². The maximum atomic E-state index is 5.84. The average molecular weight is 302 g/mol. The number of anilines is 1. The number of nitrogens with zero attached hydrogens (tertiary/aromatic N) is 2. The first-order chi connectivity index (χ1) is 10.0. The third-order valence-electron chi connectivity index (χ3n) is 3.68. The topological polar surface area (TPSA) is 77.0 Å². The van der Waals surface area contributed by atoms with Crippen LogP contribution in [0.15, 0.2) is 16.7 Å². The monoisotopic (exact) mass is 302 g/mol. The molecule has 0 saturated carbocycles. The first-order valence-electron chi connectivity index (χ1n) is 7.06. The average Bonchev–Trinajstić information content (AvgIpc) is 3.05. The van der Waals surface area contributed by atoms with Gasteiger partial charge in [0.2, 0.25) is 5.89 Å². The molecule has 3 rings (SSSR count). The summed E-state index contributed by atoms with van der Waals surface area (Å²) in [6, 6.07) is 1.96. The van der Waals surface area contributed by atoms with Gasteiger partial charge in [-0.25, -0.2) is 9.97 Å². The highest BCUT2D eigenvalue weighted by atomic mass is 32.1. The fraction of sp³-hybridized carbons (Fsp3) is 0.400. The van der Waals surface area contributed by atoms with E-state index < -0.39 is 0 Å². The highest BCUT2D eigenvalue weighted by Gasteiger charge is 2.20. The van der Waals surface area contributed by atoms with E-state index in [0.717, 1.165) is 36.3 Å². The minimum atomic E-state index is -0.0984. The smallest absolute Gasteiger partial charge is 0.216 e. The molecule has 0 spiro atoms. The largest absolute Gasteiger partial charge is 0.444 e. The lowest BCUT2D eigenvalue weighted by Gasteiger charge is -2.16. The van der Waals surface area contributed by atoms with Gasteiger partial charge in [-0.05, 0) is 44.7 Å². The number of rotatable bonds is 4. The van der Waals surface area contributed by atoms with Gasteiger partial charge in [-0.15, -0.1) is 0 Å². The zero-order valence-corrected chi connectivity index (χ0v) is 13.0. The standard InChI is InChI=1S/C15H18N4OS/c1-8-7-17-15(20-8)9(2)18-14-11(13(16)21)6-10-4-3-5-12(10)19-14/h6-7,9H,3-5H2,1-2H3,(H2,16,21)(H,18,19). The Kier molecular flexibility index (Phi) is 3.63. The second-order valence-electron chi connectivity index (χ2n) is 5.38. The maximum Gasteiger partial charge on any atom is 0.216 e. The lowest BCUT2D eigenvalue weighted by molar-refractivity contribution is 0.453. The third kappa shape index (κ3) is 2.76. The summed E-state index contributed by atoms with van der Waals surface area (Å²) in [6.45, 7) is 3.85. The van der Waals surface area contributed by atoms with Crippen molar-refractivity contribution < 1.29 is 4.42 Å². The van der Waals surface area contributed by atoms with E-state index in [2.05, 4.69) is 16.4 Å². The fourth-order valence-electron chi connectivity index (χ4n) is 2.61. The molecule has 21 heavy (non-hydrogen) atoms. The number of hydrogen-bond acceptors (Lipinski definition) is 5. The molecule has 2 aromatic heterocycles. The van der Waals surface area contributed by atoms with Gasteiger partial charge in [0.1, 0.15) is 22.6 Å². The minimum Gasteiger partial charge on any atom is -0.444 e. The normalized spacial score (nSPS) is 14.8. The van der Waals surface area contributed by atoms with Crippen LogP contribution in [0.4, 0.5) is 5.82 Å². The fourth-order valence-corrected chi connectivity index (χ4v) is 2.76. The summed E-state index contributed by atoms with van der Waals surface area (Å²) in [5.74, 6) is 2.13. The van der Waals surface area contributed by atoms with E-state index in [-0.39, 0.29) is 6.04 Å². The highest BCUT2D eigenvalue weighted by Crippen LogP contribution is 2.27. The van der Waals surface area contributed by atoms with Gasteiger partial charge in [0.05, 0.1) is 11.8 Å². The Balaban J connectivity index is 1.92. The van der Waals surface area contributed by atoms with Crippen LogP contribution in [0, 0.1) is 6.92 Å². The molecule has 2 heterocycles.